The Bertz CT molecular complexity index is 293. The molecule has 1 saturated carbocycles. The first kappa shape index (κ1) is 15.6. The summed E-state index contributed by atoms with van der Waals surface area (Å²) in [5, 5.41) is 3.72. The zero-order valence-electron chi connectivity index (χ0n) is 13.1. The molecule has 116 valence electrons. The van der Waals surface area contributed by atoms with Crippen LogP contribution in [0, 0.1) is 11.8 Å². The van der Waals surface area contributed by atoms with E-state index in [0.717, 1.165) is 44.3 Å². The molecule has 0 aromatic carbocycles. The van der Waals surface area contributed by atoms with Crippen LogP contribution in [-0.2, 0) is 4.74 Å². The molecule has 0 aromatic heterocycles. The van der Waals surface area contributed by atoms with Gasteiger partial charge in [0.05, 0.1) is 6.61 Å². The summed E-state index contributed by atoms with van der Waals surface area (Å²) in [6.07, 6.45) is 7.53. The van der Waals surface area contributed by atoms with Crippen LogP contribution in [0.2, 0.25) is 0 Å². The van der Waals surface area contributed by atoms with Gasteiger partial charge in [-0.2, -0.15) is 0 Å². The normalized spacial score (nSPS) is 28.4. The molecule has 1 aliphatic carbocycles. The van der Waals surface area contributed by atoms with Gasteiger partial charge in [-0.25, -0.2) is 4.79 Å². The van der Waals surface area contributed by atoms with Crippen molar-refractivity contribution < 1.29 is 9.53 Å². The van der Waals surface area contributed by atoms with Gasteiger partial charge in [0.2, 0.25) is 0 Å². The molecule has 0 bridgehead atoms. The Morgan fingerprint density at radius 1 is 1.15 bits per heavy atom. The maximum Gasteiger partial charge on any atom is 0.409 e. The molecular formula is C16H30N2O2. The second kappa shape index (κ2) is 7.87. The predicted molar refractivity (Wildman–Crippen MR) is 80.7 cm³/mol. The number of nitrogens with zero attached hydrogens (tertiary/aromatic N) is 1. The lowest BCUT2D eigenvalue weighted by atomic mass is 9.83. The lowest BCUT2D eigenvalue weighted by Gasteiger charge is -2.33. The number of hydrogen-bond acceptors (Lipinski definition) is 3. The standard InChI is InChI=1S/C16H30N2O2/c1-3-20-16(19)18-10-8-15(9-11-18)17-12-14-6-4-13(2)5-7-14/h13-15,17H,3-12H2,1-2H3. The Labute approximate surface area is 123 Å². The van der Waals surface area contributed by atoms with Crippen LogP contribution in [0.1, 0.15) is 52.4 Å². The molecule has 2 rings (SSSR count). The van der Waals surface area contributed by atoms with Crippen molar-refractivity contribution in [1.29, 1.82) is 0 Å². The highest BCUT2D eigenvalue weighted by atomic mass is 16.6. The summed E-state index contributed by atoms with van der Waals surface area (Å²) in [5.74, 6) is 1.80. The van der Waals surface area contributed by atoms with Gasteiger partial charge in [-0.1, -0.05) is 19.8 Å². The molecular weight excluding hydrogens is 252 g/mol. The van der Waals surface area contributed by atoms with Gasteiger partial charge in [-0.05, 0) is 51.0 Å². The molecule has 20 heavy (non-hydrogen) atoms. The maximum absolute atomic E-state index is 11.6. The smallest absolute Gasteiger partial charge is 0.409 e. The summed E-state index contributed by atoms with van der Waals surface area (Å²) in [6, 6.07) is 0.583. The fourth-order valence-electron chi connectivity index (χ4n) is 3.35. The Morgan fingerprint density at radius 2 is 1.80 bits per heavy atom. The Balaban J connectivity index is 1.61. The van der Waals surface area contributed by atoms with Crippen molar-refractivity contribution in [2.75, 3.05) is 26.2 Å². The lowest BCUT2D eigenvalue weighted by Crippen LogP contribution is -2.46. The van der Waals surface area contributed by atoms with Crippen molar-refractivity contribution in [2.24, 2.45) is 11.8 Å². The summed E-state index contributed by atoms with van der Waals surface area (Å²) in [6.45, 7) is 7.52. The monoisotopic (exact) mass is 282 g/mol. The SMILES string of the molecule is CCOC(=O)N1CCC(NCC2CCC(C)CC2)CC1. The van der Waals surface area contributed by atoms with Crippen molar-refractivity contribution in [1.82, 2.24) is 10.2 Å². The predicted octanol–water partition coefficient (Wildman–Crippen LogP) is 3.02. The quantitative estimate of drug-likeness (QED) is 0.862. The number of amides is 1. The first-order valence-electron chi connectivity index (χ1n) is 8.34. The number of hydrogen-bond donors (Lipinski definition) is 1. The first-order valence-corrected chi connectivity index (χ1v) is 8.34. The minimum absolute atomic E-state index is 0.146. The van der Waals surface area contributed by atoms with Crippen molar-refractivity contribution in [3.8, 4) is 0 Å². The van der Waals surface area contributed by atoms with E-state index in [4.69, 9.17) is 4.74 Å². The van der Waals surface area contributed by atoms with E-state index in [-0.39, 0.29) is 6.09 Å². The molecule has 2 fully saturated rings. The van der Waals surface area contributed by atoms with E-state index in [1.165, 1.54) is 25.7 Å². The van der Waals surface area contributed by atoms with Crippen LogP contribution in [0.15, 0.2) is 0 Å². The number of rotatable bonds is 4. The third-order valence-corrected chi connectivity index (χ3v) is 4.85. The summed E-state index contributed by atoms with van der Waals surface area (Å²) >= 11 is 0. The largest absolute Gasteiger partial charge is 0.450 e. The Hall–Kier alpha value is -0.770. The Kier molecular flexibility index (Phi) is 6.14. The van der Waals surface area contributed by atoms with E-state index in [9.17, 15) is 4.79 Å². The number of carbonyl (C=O) groups is 1. The van der Waals surface area contributed by atoms with Gasteiger partial charge >= 0.3 is 6.09 Å². The molecule has 1 heterocycles. The van der Waals surface area contributed by atoms with Gasteiger partial charge in [-0.3, -0.25) is 0 Å². The molecule has 0 unspecified atom stereocenters. The van der Waals surface area contributed by atoms with Gasteiger partial charge in [0.15, 0.2) is 0 Å². The van der Waals surface area contributed by atoms with Gasteiger partial charge in [0.1, 0.15) is 0 Å². The van der Waals surface area contributed by atoms with Crippen LogP contribution in [0.4, 0.5) is 4.79 Å². The van der Waals surface area contributed by atoms with Gasteiger partial charge in [-0.15, -0.1) is 0 Å². The van der Waals surface area contributed by atoms with E-state index in [1.807, 2.05) is 11.8 Å². The Morgan fingerprint density at radius 3 is 2.40 bits per heavy atom. The lowest BCUT2D eigenvalue weighted by molar-refractivity contribution is 0.0945. The second-order valence-corrected chi connectivity index (χ2v) is 6.49. The number of nitrogens with one attached hydrogen (secondary N) is 1. The van der Waals surface area contributed by atoms with Crippen LogP contribution in [0.25, 0.3) is 0 Å². The van der Waals surface area contributed by atoms with E-state index in [1.54, 1.807) is 0 Å². The summed E-state index contributed by atoms with van der Waals surface area (Å²) in [4.78, 5) is 13.5. The second-order valence-electron chi connectivity index (χ2n) is 6.49. The van der Waals surface area contributed by atoms with E-state index in [2.05, 4.69) is 12.2 Å². The summed E-state index contributed by atoms with van der Waals surface area (Å²) in [5.41, 5.74) is 0. The van der Waals surface area contributed by atoms with Crippen LogP contribution >= 0.6 is 0 Å². The average molecular weight is 282 g/mol. The maximum atomic E-state index is 11.6. The zero-order chi connectivity index (χ0) is 14.4. The van der Waals surface area contributed by atoms with Crippen LogP contribution < -0.4 is 5.32 Å². The van der Waals surface area contributed by atoms with Crippen molar-refractivity contribution in [3.05, 3.63) is 0 Å². The fourth-order valence-corrected chi connectivity index (χ4v) is 3.35. The minimum Gasteiger partial charge on any atom is -0.450 e. The molecule has 4 nitrogen and oxygen atoms in total. The van der Waals surface area contributed by atoms with Crippen LogP contribution in [0.3, 0.4) is 0 Å². The molecule has 4 heteroatoms. The first-order chi connectivity index (χ1) is 9.69. The third-order valence-electron chi connectivity index (χ3n) is 4.85. The van der Waals surface area contributed by atoms with Gasteiger partial charge in [0, 0.05) is 19.1 Å². The third kappa shape index (κ3) is 4.65. The average Bonchev–Trinajstić information content (AvgIpc) is 2.47. The molecule has 1 aliphatic heterocycles. The molecule has 0 radical (unpaired) electrons. The number of carbonyl (C=O) groups excluding carboxylic acids is 1. The van der Waals surface area contributed by atoms with Crippen LogP contribution in [-0.4, -0.2) is 43.3 Å². The van der Waals surface area contributed by atoms with Crippen molar-refractivity contribution >= 4 is 6.09 Å². The van der Waals surface area contributed by atoms with E-state index in [0.29, 0.717) is 12.6 Å². The topological polar surface area (TPSA) is 41.6 Å². The van der Waals surface area contributed by atoms with Crippen LogP contribution in [0.5, 0.6) is 0 Å². The molecule has 0 spiro atoms. The van der Waals surface area contributed by atoms with Gasteiger partial charge in [0.25, 0.3) is 0 Å². The molecule has 2 aliphatic rings. The molecule has 1 amide bonds. The van der Waals surface area contributed by atoms with E-state index < -0.39 is 0 Å². The highest BCUT2D eigenvalue weighted by Crippen LogP contribution is 2.28. The van der Waals surface area contributed by atoms with Gasteiger partial charge < -0.3 is 15.0 Å². The fraction of sp³-hybridized carbons (Fsp3) is 0.938. The number of piperidine rings is 1. The molecule has 1 saturated heterocycles. The number of ether oxygens (including phenoxy) is 1. The molecule has 1 N–H and O–H groups in total. The summed E-state index contributed by atoms with van der Waals surface area (Å²) in [7, 11) is 0. The zero-order valence-corrected chi connectivity index (χ0v) is 13.1. The number of likely N-dealkylation sites (tertiary alicyclic amines) is 1. The molecule has 0 atom stereocenters. The highest BCUT2D eigenvalue weighted by Gasteiger charge is 2.24. The minimum atomic E-state index is -0.146. The summed E-state index contributed by atoms with van der Waals surface area (Å²) < 4.78 is 5.05. The van der Waals surface area contributed by atoms with Crippen molar-refractivity contribution in [2.45, 2.75) is 58.4 Å². The molecule has 0 aromatic rings. The van der Waals surface area contributed by atoms with Crippen molar-refractivity contribution in [3.63, 3.8) is 0 Å². The van der Waals surface area contributed by atoms with E-state index >= 15 is 0 Å². The highest BCUT2D eigenvalue weighted by molar-refractivity contribution is 5.67.